The number of rotatable bonds is 3. The summed E-state index contributed by atoms with van der Waals surface area (Å²) in [5, 5.41) is 0. The molecule has 21 heavy (non-hydrogen) atoms. The van der Waals surface area contributed by atoms with Crippen LogP contribution in [0.2, 0.25) is 0 Å². The number of hydrogen-bond acceptors (Lipinski definition) is 2. The van der Waals surface area contributed by atoms with Crippen LogP contribution in [0, 0.1) is 11.8 Å². The number of nitrogens with zero attached hydrogens (tertiary/aromatic N) is 2. The van der Waals surface area contributed by atoms with Gasteiger partial charge in [-0.15, -0.1) is 0 Å². The Morgan fingerprint density at radius 3 is 2.24 bits per heavy atom. The summed E-state index contributed by atoms with van der Waals surface area (Å²) in [6, 6.07) is 20.9. The van der Waals surface area contributed by atoms with Crippen molar-refractivity contribution in [3.8, 4) is 11.8 Å². The number of hydrogen-bond donors (Lipinski definition) is 0. The van der Waals surface area contributed by atoms with Crippen LogP contribution < -0.4 is 0 Å². The normalized spacial score (nSPS) is 15.6. The van der Waals surface area contributed by atoms with Crippen molar-refractivity contribution in [2.75, 3.05) is 26.3 Å². The first kappa shape index (κ1) is 13.9. The van der Waals surface area contributed by atoms with Crippen molar-refractivity contribution in [1.29, 1.82) is 0 Å². The molecule has 0 radical (unpaired) electrons. The highest BCUT2D eigenvalue weighted by Gasteiger charge is 2.18. The molecular weight excluding hydrogens is 256 g/mol. The van der Waals surface area contributed by atoms with Gasteiger partial charge in [0.05, 0.1) is 13.2 Å². The molecule has 2 nitrogen and oxygen atoms in total. The summed E-state index contributed by atoms with van der Waals surface area (Å²) in [4.78, 5) is 4.87. The van der Waals surface area contributed by atoms with E-state index in [1.807, 2.05) is 18.2 Å². The van der Waals surface area contributed by atoms with Crippen LogP contribution in [0.25, 0.3) is 0 Å². The highest BCUT2D eigenvalue weighted by atomic mass is 15.4. The van der Waals surface area contributed by atoms with Crippen molar-refractivity contribution in [3.05, 3.63) is 71.8 Å². The van der Waals surface area contributed by atoms with Crippen molar-refractivity contribution in [2.45, 2.75) is 6.54 Å². The first-order valence-electron chi connectivity index (χ1n) is 7.43. The summed E-state index contributed by atoms with van der Waals surface area (Å²) in [6.45, 7) is 5.13. The van der Waals surface area contributed by atoms with E-state index in [1.54, 1.807) is 0 Å². The maximum Gasteiger partial charge on any atom is 0.0617 e. The second kappa shape index (κ2) is 7.08. The van der Waals surface area contributed by atoms with Crippen molar-refractivity contribution >= 4 is 0 Å². The summed E-state index contributed by atoms with van der Waals surface area (Å²) in [5.41, 5.74) is 2.48. The third kappa shape index (κ3) is 4.19. The molecule has 106 valence electrons. The Balaban J connectivity index is 1.48. The van der Waals surface area contributed by atoms with Crippen LogP contribution in [0.5, 0.6) is 0 Å². The largest absolute Gasteiger partial charge is 0.285 e. The molecular formula is C19H20N2. The molecule has 2 aromatic carbocycles. The Bertz CT molecular complexity index is 610. The van der Waals surface area contributed by atoms with Crippen LogP contribution in [0.3, 0.4) is 0 Å². The average Bonchev–Trinajstić information content (AvgIpc) is 2.97. The maximum atomic E-state index is 3.28. The van der Waals surface area contributed by atoms with E-state index in [-0.39, 0.29) is 0 Å². The van der Waals surface area contributed by atoms with E-state index in [0.29, 0.717) is 0 Å². The molecule has 2 aromatic rings. The van der Waals surface area contributed by atoms with Crippen LogP contribution in [0.4, 0.5) is 0 Å². The lowest BCUT2D eigenvalue weighted by Crippen LogP contribution is -2.25. The molecule has 3 rings (SSSR count). The Kier molecular flexibility index (Phi) is 4.68. The molecule has 1 saturated heterocycles. The highest BCUT2D eigenvalue weighted by molar-refractivity contribution is 5.33. The Morgan fingerprint density at radius 1 is 0.810 bits per heavy atom. The van der Waals surface area contributed by atoms with E-state index >= 15 is 0 Å². The summed E-state index contributed by atoms with van der Waals surface area (Å²) in [7, 11) is 0. The quantitative estimate of drug-likeness (QED) is 0.795. The van der Waals surface area contributed by atoms with Gasteiger partial charge in [-0.05, 0) is 17.7 Å². The van der Waals surface area contributed by atoms with Crippen LogP contribution >= 0.6 is 0 Å². The monoisotopic (exact) mass is 276 g/mol. The minimum atomic E-state index is 0.847. The van der Waals surface area contributed by atoms with Crippen molar-refractivity contribution in [2.24, 2.45) is 0 Å². The minimum Gasteiger partial charge on any atom is -0.285 e. The predicted octanol–water partition coefficient (Wildman–Crippen LogP) is 2.81. The van der Waals surface area contributed by atoms with Crippen LogP contribution in [-0.4, -0.2) is 36.1 Å². The summed E-state index contributed by atoms with van der Waals surface area (Å²) >= 11 is 0. The van der Waals surface area contributed by atoms with Crippen molar-refractivity contribution in [3.63, 3.8) is 0 Å². The van der Waals surface area contributed by atoms with Gasteiger partial charge in [-0.25, -0.2) is 0 Å². The van der Waals surface area contributed by atoms with E-state index in [0.717, 1.165) is 38.4 Å². The zero-order valence-electron chi connectivity index (χ0n) is 12.2. The lowest BCUT2D eigenvalue weighted by molar-refractivity contribution is 0.257. The third-order valence-corrected chi connectivity index (χ3v) is 3.69. The smallest absolute Gasteiger partial charge is 0.0617 e. The summed E-state index contributed by atoms with van der Waals surface area (Å²) in [6.07, 6.45) is 0. The van der Waals surface area contributed by atoms with Gasteiger partial charge in [0.25, 0.3) is 0 Å². The maximum absolute atomic E-state index is 3.28. The molecule has 0 N–H and O–H groups in total. The first-order valence-corrected chi connectivity index (χ1v) is 7.43. The molecule has 1 heterocycles. The molecule has 0 atom stereocenters. The van der Waals surface area contributed by atoms with Crippen LogP contribution in [0.15, 0.2) is 60.7 Å². The van der Waals surface area contributed by atoms with Crippen molar-refractivity contribution in [1.82, 2.24) is 9.80 Å². The second-order valence-electron chi connectivity index (χ2n) is 5.40. The minimum absolute atomic E-state index is 0.847. The topological polar surface area (TPSA) is 6.48 Å². The average molecular weight is 276 g/mol. The molecule has 0 saturated carbocycles. The van der Waals surface area contributed by atoms with E-state index in [4.69, 9.17) is 0 Å². The van der Waals surface area contributed by atoms with Gasteiger partial charge in [0, 0.05) is 25.2 Å². The van der Waals surface area contributed by atoms with Gasteiger partial charge in [-0.3, -0.25) is 9.80 Å². The third-order valence-electron chi connectivity index (χ3n) is 3.69. The second-order valence-corrected chi connectivity index (χ2v) is 5.40. The van der Waals surface area contributed by atoms with E-state index in [2.05, 4.69) is 64.1 Å². The molecule has 0 aliphatic carbocycles. The molecule has 2 heteroatoms. The molecule has 0 aromatic heterocycles. The van der Waals surface area contributed by atoms with Gasteiger partial charge < -0.3 is 0 Å². The van der Waals surface area contributed by atoms with Gasteiger partial charge in [-0.2, -0.15) is 0 Å². The van der Waals surface area contributed by atoms with Gasteiger partial charge >= 0.3 is 0 Å². The molecule has 0 unspecified atom stereocenters. The molecule has 1 fully saturated rings. The van der Waals surface area contributed by atoms with Crippen molar-refractivity contribution < 1.29 is 0 Å². The van der Waals surface area contributed by atoms with Gasteiger partial charge in [0.15, 0.2) is 0 Å². The van der Waals surface area contributed by atoms with Crippen LogP contribution in [-0.2, 0) is 6.54 Å². The van der Waals surface area contributed by atoms with Gasteiger partial charge in [0.1, 0.15) is 0 Å². The van der Waals surface area contributed by atoms with Gasteiger partial charge in [0.2, 0.25) is 0 Å². The zero-order valence-corrected chi connectivity index (χ0v) is 12.2. The SMILES string of the molecule is C(#Cc1ccccc1)CN1CCN(Cc2ccccc2)C1. The molecule has 1 aliphatic heterocycles. The predicted molar refractivity (Wildman–Crippen MR) is 86.6 cm³/mol. The summed E-state index contributed by atoms with van der Waals surface area (Å²) < 4.78 is 0. The molecule has 0 amide bonds. The Hall–Kier alpha value is -2.08. The molecule has 1 aliphatic rings. The number of benzene rings is 2. The molecule has 0 spiro atoms. The van der Waals surface area contributed by atoms with E-state index < -0.39 is 0 Å². The lowest BCUT2D eigenvalue weighted by Gasteiger charge is -2.16. The van der Waals surface area contributed by atoms with Crippen LogP contribution in [0.1, 0.15) is 11.1 Å². The fraction of sp³-hybridized carbons (Fsp3) is 0.263. The first-order chi connectivity index (χ1) is 10.4. The Labute approximate surface area is 127 Å². The zero-order chi connectivity index (χ0) is 14.3. The fourth-order valence-electron chi connectivity index (χ4n) is 2.58. The standard InChI is InChI=1S/C19H20N2/c1-3-8-18(9-4-1)12-7-13-20-14-15-21(17-20)16-19-10-5-2-6-11-19/h1-6,8-11H,13-17H2. The van der Waals surface area contributed by atoms with E-state index in [9.17, 15) is 0 Å². The molecule has 0 bridgehead atoms. The Morgan fingerprint density at radius 2 is 1.48 bits per heavy atom. The van der Waals surface area contributed by atoms with E-state index in [1.165, 1.54) is 5.56 Å². The lowest BCUT2D eigenvalue weighted by atomic mass is 10.2. The van der Waals surface area contributed by atoms with Gasteiger partial charge in [-0.1, -0.05) is 60.4 Å². The summed E-state index contributed by atoms with van der Waals surface area (Å²) in [5.74, 6) is 6.50. The highest BCUT2D eigenvalue weighted by Crippen LogP contribution is 2.10. The fourth-order valence-corrected chi connectivity index (χ4v) is 2.58.